The molecule has 0 aliphatic carbocycles. The summed E-state index contributed by atoms with van der Waals surface area (Å²) >= 11 is 0. The number of hydrazone groups is 1. The number of carboxylic acid groups (broad SMARTS) is 1. The van der Waals surface area contributed by atoms with E-state index in [0.717, 1.165) is 5.56 Å². The highest BCUT2D eigenvalue weighted by Gasteiger charge is 2.21. The number of nitrogens with zero attached hydrogens (tertiary/aromatic N) is 1. The number of nitrogens with one attached hydrogen (secondary N) is 1. The van der Waals surface area contributed by atoms with Crippen LogP contribution >= 0.6 is 12.4 Å². The second-order valence-electron chi connectivity index (χ2n) is 4.97. The van der Waals surface area contributed by atoms with Gasteiger partial charge in [-0.3, -0.25) is 0 Å². The van der Waals surface area contributed by atoms with Gasteiger partial charge in [0.2, 0.25) is 0 Å². The van der Waals surface area contributed by atoms with Gasteiger partial charge in [0.15, 0.2) is 6.04 Å². The van der Waals surface area contributed by atoms with Crippen LogP contribution in [0.1, 0.15) is 17.2 Å². The van der Waals surface area contributed by atoms with Gasteiger partial charge < -0.3 is 25.7 Å². The van der Waals surface area contributed by atoms with Gasteiger partial charge in [-0.1, -0.05) is 12.1 Å². The molecule has 134 valence electrons. The fourth-order valence-corrected chi connectivity index (χ4v) is 2.25. The SMILES string of the molecule is COc1cc(OC)cc(C(Nc2cccc(C=NN)c2)C(=O)O)c1.Cl. The van der Waals surface area contributed by atoms with E-state index in [0.29, 0.717) is 22.7 Å². The van der Waals surface area contributed by atoms with E-state index in [-0.39, 0.29) is 12.4 Å². The average molecular weight is 366 g/mol. The van der Waals surface area contributed by atoms with Crippen LogP contribution in [0.25, 0.3) is 0 Å². The molecule has 2 rings (SSSR count). The molecule has 0 heterocycles. The summed E-state index contributed by atoms with van der Waals surface area (Å²) in [6.45, 7) is 0. The minimum absolute atomic E-state index is 0. The maximum Gasteiger partial charge on any atom is 0.330 e. The Morgan fingerprint density at radius 2 is 1.84 bits per heavy atom. The van der Waals surface area contributed by atoms with Gasteiger partial charge in [0.25, 0.3) is 0 Å². The Hall–Kier alpha value is -2.93. The van der Waals surface area contributed by atoms with Gasteiger partial charge in [-0.15, -0.1) is 12.4 Å². The molecule has 0 amide bonds. The van der Waals surface area contributed by atoms with Crippen molar-refractivity contribution < 1.29 is 19.4 Å². The number of carbonyl (C=O) groups is 1. The maximum atomic E-state index is 11.7. The number of ether oxygens (including phenoxy) is 2. The predicted molar refractivity (Wildman–Crippen MR) is 99.0 cm³/mol. The summed E-state index contributed by atoms with van der Waals surface area (Å²) in [5.41, 5.74) is 1.90. The molecule has 0 aliphatic heterocycles. The molecule has 1 atom stereocenters. The van der Waals surface area contributed by atoms with Crippen LogP contribution < -0.4 is 20.6 Å². The molecule has 0 aliphatic rings. The monoisotopic (exact) mass is 365 g/mol. The van der Waals surface area contributed by atoms with Crippen LogP contribution in [-0.2, 0) is 4.79 Å². The second kappa shape index (κ2) is 9.39. The first-order valence-electron chi connectivity index (χ1n) is 7.13. The Kier molecular flexibility index (Phi) is 7.55. The molecule has 1 unspecified atom stereocenters. The van der Waals surface area contributed by atoms with Crippen LogP contribution in [0.2, 0.25) is 0 Å². The van der Waals surface area contributed by atoms with Gasteiger partial charge in [0, 0.05) is 11.8 Å². The van der Waals surface area contributed by atoms with E-state index >= 15 is 0 Å². The Bertz CT molecular complexity index is 730. The van der Waals surface area contributed by atoms with Crippen LogP contribution in [0.5, 0.6) is 11.5 Å². The molecular weight excluding hydrogens is 346 g/mol. The maximum absolute atomic E-state index is 11.7. The van der Waals surface area contributed by atoms with E-state index < -0.39 is 12.0 Å². The zero-order valence-electron chi connectivity index (χ0n) is 13.8. The number of methoxy groups -OCH3 is 2. The molecule has 0 spiro atoms. The average Bonchev–Trinajstić information content (AvgIpc) is 2.59. The summed E-state index contributed by atoms with van der Waals surface area (Å²) in [6.07, 6.45) is 1.48. The van der Waals surface area contributed by atoms with Crippen LogP contribution in [0.15, 0.2) is 47.6 Å². The Balaban J connectivity index is 0.00000312. The summed E-state index contributed by atoms with van der Waals surface area (Å²) in [6, 6.07) is 11.1. The van der Waals surface area contributed by atoms with Gasteiger partial charge in [-0.2, -0.15) is 5.10 Å². The third kappa shape index (κ3) is 5.29. The number of benzene rings is 2. The van der Waals surface area contributed by atoms with Gasteiger partial charge in [-0.05, 0) is 35.4 Å². The first-order valence-corrected chi connectivity index (χ1v) is 7.13. The molecule has 25 heavy (non-hydrogen) atoms. The number of rotatable bonds is 7. The van der Waals surface area contributed by atoms with E-state index in [1.165, 1.54) is 20.4 Å². The standard InChI is InChI=1S/C17H19N3O4.ClH/c1-23-14-7-12(8-15(9-14)24-2)16(17(21)22)20-13-5-3-4-11(6-13)10-19-18;/h3-10,16,20H,18H2,1-2H3,(H,21,22);1H. The zero-order valence-corrected chi connectivity index (χ0v) is 14.6. The van der Waals surface area contributed by atoms with Crippen molar-refractivity contribution in [1.29, 1.82) is 0 Å². The number of hydrogen-bond donors (Lipinski definition) is 3. The number of carboxylic acids is 1. The number of nitrogens with two attached hydrogens (primary N) is 1. The minimum Gasteiger partial charge on any atom is -0.497 e. The molecule has 8 heteroatoms. The minimum atomic E-state index is -1.02. The van der Waals surface area contributed by atoms with E-state index in [9.17, 15) is 9.90 Å². The quantitative estimate of drug-likeness (QED) is 0.395. The lowest BCUT2D eigenvalue weighted by Crippen LogP contribution is -2.20. The van der Waals surface area contributed by atoms with Crippen molar-refractivity contribution in [3.8, 4) is 11.5 Å². The predicted octanol–water partition coefficient (Wildman–Crippen LogP) is 2.66. The molecule has 0 saturated heterocycles. The van der Waals surface area contributed by atoms with Gasteiger partial charge in [0.1, 0.15) is 11.5 Å². The summed E-state index contributed by atoms with van der Waals surface area (Å²) in [4.78, 5) is 11.7. The Labute approximate surface area is 151 Å². The van der Waals surface area contributed by atoms with E-state index in [1.54, 1.807) is 36.4 Å². The smallest absolute Gasteiger partial charge is 0.330 e. The summed E-state index contributed by atoms with van der Waals surface area (Å²) in [5.74, 6) is 5.15. The van der Waals surface area contributed by atoms with E-state index in [4.69, 9.17) is 15.3 Å². The van der Waals surface area contributed by atoms with Crippen LogP contribution in [0.3, 0.4) is 0 Å². The Morgan fingerprint density at radius 3 is 2.36 bits per heavy atom. The molecule has 0 fully saturated rings. The third-order valence-corrected chi connectivity index (χ3v) is 3.38. The van der Waals surface area contributed by atoms with Crippen molar-refractivity contribution in [2.24, 2.45) is 10.9 Å². The molecule has 2 aromatic rings. The molecular formula is C17H20ClN3O4. The first-order chi connectivity index (χ1) is 11.6. The molecule has 4 N–H and O–H groups in total. The number of anilines is 1. The molecule has 0 bridgehead atoms. The highest BCUT2D eigenvalue weighted by Crippen LogP contribution is 2.29. The van der Waals surface area contributed by atoms with Crippen LogP contribution in [0, 0.1) is 0 Å². The normalized spacial score (nSPS) is 11.4. The van der Waals surface area contributed by atoms with Gasteiger partial charge in [0.05, 0.1) is 20.4 Å². The number of aliphatic carboxylic acids is 1. The van der Waals surface area contributed by atoms with Crippen molar-refractivity contribution in [2.45, 2.75) is 6.04 Å². The van der Waals surface area contributed by atoms with Gasteiger partial charge >= 0.3 is 5.97 Å². The molecule has 2 aromatic carbocycles. The lowest BCUT2D eigenvalue weighted by atomic mass is 10.1. The molecule has 7 nitrogen and oxygen atoms in total. The van der Waals surface area contributed by atoms with Crippen molar-refractivity contribution in [3.05, 3.63) is 53.6 Å². The molecule has 0 aromatic heterocycles. The van der Waals surface area contributed by atoms with Crippen molar-refractivity contribution in [2.75, 3.05) is 19.5 Å². The lowest BCUT2D eigenvalue weighted by molar-refractivity contribution is -0.138. The lowest BCUT2D eigenvalue weighted by Gasteiger charge is -2.18. The summed E-state index contributed by atoms with van der Waals surface area (Å²) in [7, 11) is 3.02. The van der Waals surface area contributed by atoms with E-state index in [1.807, 2.05) is 6.07 Å². The highest BCUT2D eigenvalue weighted by atomic mass is 35.5. The molecule has 0 radical (unpaired) electrons. The second-order valence-corrected chi connectivity index (χ2v) is 4.97. The number of halogens is 1. The highest BCUT2D eigenvalue weighted by molar-refractivity contribution is 5.85. The summed E-state index contributed by atoms with van der Waals surface area (Å²) < 4.78 is 10.4. The van der Waals surface area contributed by atoms with Gasteiger partial charge in [-0.25, -0.2) is 4.79 Å². The van der Waals surface area contributed by atoms with Crippen molar-refractivity contribution in [3.63, 3.8) is 0 Å². The van der Waals surface area contributed by atoms with Crippen molar-refractivity contribution in [1.82, 2.24) is 0 Å². The fraction of sp³-hybridized carbons (Fsp3) is 0.176. The van der Waals surface area contributed by atoms with Crippen molar-refractivity contribution >= 4 is 30.3 Å². The Morgan fingerprint density at radius 1 is 1.20 bits per heavy atom. The largest absolute Gasteiger partial charge is 0.497 e. The van der Waals surface area contributed by atoms with E-state index in [2.05, 4.69) is 10.4 Å². The number of hydrogen-bond acceptors (Lipinski definition) is 6. The summed E-state index contributed by atoms with van der Waals surface area (Å²) in [5, 5.41) is 16.0. The first kappa shape index (κ1) is 20.1. The van der Waals surface area contributed by atoms with Crippen LogP contribution in [0.4, 0.5) is 5.69 Å². The molecule has 0 saturated carbocycles. The van der Waals surface area contributed by atoms with Crippen LogP contribution in [-0.4, -0.2) is 31.5 Å². The zero-order chi connectivity index (χ0) is 17.5. The topological polar surface area (TPSA) is 106 Å². The fourth-order valence-electron chi connectivity index (χ4n) is 2.25. The third-order valence-electron chi connectivity index (χ3n) is 3.38.